The first-order valence-corrected chi connectivity index (χ1v) is 9.06. The summed E-state index contributed by atoms with van der Waals surface area (Å²) in [5.74, 6) is -17.4. The lowest BCUT2D eigenvalue weighted by atomic mass is 10.2. The summed E-state index contributed by atoms with van der Waals surface area (Å²) in [7, 11) is 0. The summed E-state index contributed by atoms with van der Waals surface area (Å²) in [6.45, 7) is -1.45. The van der Waals surface area contributed by atoms with Crippen LogP contribution in [0.2, 0.25) is 0 Å². The molecule has 1 atom stereocenters. The molecule has 2 rings (SSSR count). The Balaban J connectivity index is 2.18. The molecule has 0 aliphatic rings. The van der Waals surface area contributed by atoms with E-state index in [0.29, 0.717) is 0 Å². The van der Waals surface area contributed by atoms with Crippen molar-refractivity contribution in [1.82, 2.24) is 10.6 Å². The van der Waals surface area contributed by atoms with Gasteiger partial charge in [0.25, 0.3) is 11.8 Å². The van der Waals surface area contributed by atoms with Gasteiger partial charge in [-0.1, -0.05) is 60.7 Å². The standard InChI is InChI=1S/C20H16F8N2O3/c21-17(22,15(31)29-11-13-7-3-1-4-8-13)20(27,28)33-18(23,19(24,25)26)16(32)30-12-14-9-5-2-6-10-14/h1-10H,11-12H2,(H,29,31)(H,30,32). The number of nitrogens with one attached hydrogen (secondary N) is 2. The number of halogens is 8. The number of ether oxygens (including phenoxy) is 1. The average molecular weight is 484 g/mol. The van der Waals surface area contributed by atoms with E-state index in [9.17, 15) is 44.7 Å². The second-order valence-corrected chi connectivity index (χ2v) is 6.62. The molecular formula is C20H16F8N2O3. The van der Waals surface area contributed by atoms with Crippen LogP contribution in [-0.4, -0.2) is 35.9 Å². The van der Waals surface area contributed by atoms with Gasteiger partial charge in [0.05, 0.1) is 0 Å². The maximum Gasteiger partial charge on any atom is 0.458 e. The van der Waals surface area contributed by atoms with Gasteiger partial charge in [0.15, 0.2) is 0 Å². The summed E-state index contributed by atoms with van der Waals surface area (Å²) in [6, 6.07) is 14.0. The van der Waals surface area contributed by atoms with Crippen LogP contribution in [-0.2, 0) is 27.4 Å². The molecule has 0 radical (unpaired) electrons. The number of alkyl halides is 8. The molecule has 2 aromatic carbocycles. The van der Waals surface area contributed by atoms with Crippen molar-refractivity contribution in [3.63, 3.8) is 0 Å². The fourth-order valence-electron chi connectivity index (χ4n) is 2.39. The Morgan fingerprint density at radius 1 is 0.667 bits per heavy atom. The van der Waals surface area contributed by atoms with Crippen molar-refractivity contribution in [2.24, 2.45) is 0 Å². The highest BCUT2D eigenvalue weighted by atomic mass is 19.4. The summed E-state index contributed by atoms with van der Waals surface area (Å²) >= 11 is 0. The van der Waals surface area contributed by atoms with E-state index in [1.807, 2.05) is 0 Å². The quantitative estimate of drug-likeness (QED) is 0.527. The summed E-state index contributed by atoms with van der Waals surface area (Å²) < 4.78 is 112. The number of carbonyl (C=O) groups excluding carboxylic acids is 2. The van der Waals surface area contributed by atoms with E-state index in [-0.39, 0.29) is 11.1 Å². The third-order valence-electron chi connectivity index (χ3n) is 4.17. The third-order valence-corrected chi connectivity index (χ3v) is 4.17. The zero-order chi connectivity index (χ0) is 24.9. The predicted octanol–water partition coefficient (Wildman–Crippen LogP) is 4.09. The Hall–Kier alpha value is -3.22. The number of benzene rings is 2. The Labute approximate surface area is 181 Å². The Morgan fingerprint density at radius 2 is 1.06 bits per heavy atom. The SMILES string of the molecule is O=C(NCc1ccccc1)C(F)(F)C(F)(F)OC(F)(C(=O)NCc1ccccc1)C(F)(F)F. The van der Waals surface area contributed by atoms with Crippen LogP contribution in [0.1, 0.15) is 11.1 Å². The van der Waals surface area contributed by atoms with Gasteiger partial charge in [0.2, 0.25) is 0 Å². The van der Waals surface area contributed by atoms with Crippen LogP contribution in [0.4, 0.5) is 35.1 Å². The van der Waals surface area contributed by atoms with Crippen molar-refractivity contribution in [2.75, 3.05) is 0 Å². The van der Waals surface area contributed by atoms with Crippen molar-refractivity contribution in [3.8, 4) is 0 Å². The second-order valence-electron chi connectivity index (χ2n) is 6.62. The molecule has 0 bridgehead atoms. The molecule has 0 saturated carbocycles. The van der Waals surface area contributed by atoms with Crippen molar-refractivity contribution in [2.45, 2.75) is 37.2 Å². The van der Waals surface area contributed by atoms with E-state index in [2.05, 4.69) is 4.74 Å². The van der Waals surface area contributed by atoms with Gasteiger partial charge in [-0.2, -0.15) is 35.1 Å². The molecule has 0 spiro atoms. The molecule has 0 saturated heterocycles. The third kappa shape index (κ3) is 5.97. The Bertz CT molecular complexity index is 955. The molecule has 0 aromatic heterocycles. The van der Waals surface area contributed by atoms with Gasteiger partial charge in [0.1, 0.15) is 0 Å². The molecule has 0 fully saturated rings. The highest BCUT2D eigenvalue weighted by molar-refractivity contribution is 5.86. The topological polar surface area (TPSA) is 67.4 Å². The molecule has 33 heavy (non-hydrogen) atoms. The minimum Gasteiger partial charge on any atom is -0.347 e. The lowest BCUT2D eigenvalue weighted by Gasteiger charge is -2.33. The molecule has 0 aliphatic carbocycles. The first-order valence-electron chi connectivity index (χ1n) is 9.06. The summed E-state index contributed by atoms with van der Waals surface area (Å²) in [5, 5.41) is 2.75. The van der Waals surface area contributed by atoms with E-state index in [0.717, 1.165) is 0 Å². The van der Waals surface area contributed by atoms with E-state index in [4.69, 9.17) is 0 Å². The van der Waals surface area contributed by atoms with Gasteiger partial charge in [-0.05, 0) is 11.1 Å². The van der Waals surface area contributed by atoms with Crippen LogP contribution >= 0.6 is 0 Å². The highest BCUT2D eigenvalue weighted by Crippen LogP contribution is 2.45. The number of hydrogen-bond acceptors (Lipinski definition) is 3. The zero-order valence-electron chi connectivity index (χ0n) is 16.4. The van der Waals surface area contributed by atoms with Gasteiger partial charge in [-0.3, -0.25) is 14.3 Å². The van der Waals surface area contributed by atoms with E-state index in [1.54, 1.807) is 0 Å². The molecule has 2 aromatic rings. The maximum atomic E-state index is 14.4. The molecule has 2 amide bonds. The van der Waals surface area contributed by atoms with Crippen LogP contribution in [0.3, 0.4) is 0 Å². The summed E-state index contributed by atoms with van der Waals surface area (Å²) in [6.07, 6.45) is -12.9. The second kappa shape index (κ2) is 9.73. The number of carbonyl (C=O) groups is 2. The maximum absolute atomic E-state index is 14.4. The monoisotopic (exact) mass is 484 g/mol. The van der Waals surface area contributed by atoms with Gasteiger partial charge in [0, 0.05) is 13.1 Å². The molecule has 1 unspecified atom stereocenters. The van der Waals surface area contributed by atoms with Gasteiger partial charge in [-0.25, -0.2) is 0 Å². The molecule has 2 N–H and O–H groups in total. The van der Waals surface area contributed by atoms with Crippen LogP contribution < -0.4 is 10.6 Å². The van der Waals surface area contributed by atoms with E-state index >= 15 is 0 Å². The van der Waals surface area contributed by atoms with E-state index in [1.165, 1.54) is 71.3 Å². The molecule has 0 aliphatic heterocycles. The first-order chi connectivity index (χ1) is 15.2. The molecule has 0 heterocycles. The van der Waals surface area contributed by atoms with Gasteiger partial charge < -0.3 is 10.6 Å². The zero-order valence-corrected chi connectivity index (χ0v) is 16.4. The highest BCUT2D eigenvalue weighted by Gasteiger charge is 2.74. The van der Waals surface area contributed by atoms with Crippen LogP contribution in [0.15, 0.2) is 60.7 Å². The molecular weight excluding hydrogens is 468 g/mol. The van der Waals surface area contributed by atoms with Crippen LogP contribution in [0.25, 0.3) is 0 Å². The predicted molar refractivity (Wildman–Crippen MR) is 97.5 cm³/mol. The minimum absolute atomic E-state index is 0.146. The summed E-state index contributed by atoms with van der Waals surface area (Å²) in [5.41, 5.74) is 0.342. The fraction of sp³-hybridized carbons (Fsp3) is 0.300. The molecule has 180 valence electrons. The van der Waals surface area contributed by atoms with Gasteiger partial charge >= 0.3 is 24.1 Å². The lowest BCUT2D eigenvalue weighted by Crippen LogP contribution is -2.63. The Kier molecular flexibility index (Phi) is 7.68. The average Bonchev–Trinajstić information content (AvgIpc) is 2.75. The number of hydrogen-bond donors (Lipinski definition) is 2. The fourth-order valence-corrected chi connectivity index (χ4v) is 2.39. The Morgan fingerprint density at radius 3 is 1.45 bits per heavy atom. The first kappa shape index (κ1) is 26.0. The van der Waals surface area contributed by atoms with Crippen molar-refractivity contribution in [3.05, 3.63) is 71.8 Å². The minimum atomic E-state index is -6.49. The van der Waals surface area contributed by atoms with Crippen molar-refractivity contribution >= 4 is 11.8 Å². The largest absolute Gasteiger partial charge is 0.458 e. The normalized spacial score (nSPS) is 14.3. The van der Waals surface area contributed by atoms with Crippen LogP contribution in [0, 0.1) is 0 Å². The summed E-state index contributed by atoms with van der Waals surface area (Å²) in [4.78, 5) is 23.3. The number of amides is 2. The van der Waals surface area contributed by atoms with Crippen molar-refractivity contribution < 1.29 is 49.4 Å². The smallest absolute Gasteiger partial charge is 0.347 e. The van der Waals surface area contributed by atoms with Gasteiger partial charge in [-0.15, -0.1) is 0 Å². The van der Waals surface area contributed by atoms with E-state index < -0.39 is 49.0 Å². The van der Waals surface area contributed by atoms with Crippen molar-refractivity contribution in [1.29, 1.82) is 0 Å². The van der Waals surface area contributed by atoms with Crippen LogP contribution in [0.5, 0.6) is 0 Å². The number of rotatable bonds is 9. The molecule has 5 nitrogen and oxygen atoms in total. The molecule has 13 heteroatoms. The lowest BCUT2D eigenvalue weighted by molar-refractivity contribution is -0.428.